The molecule has 0 unspecified atom stereocenters. The Kier molecular flexibility index (Phi) is 2.51. The standard InChI is InChI=1S/C9H16N2O/c1-2-4-11(5-3-1)6-9-7-12-8-10-9/h7,10H,1-6,8H2. The number of piperidine rings is 1. The number of nitrogens with zero attached hydrogens (tertiary/aromatic N) is 1. The SMILES string of the molecule is C1=C(CN2CCCCC2)NCO1. The van der Waals surface area contributed by atoms with Gasteiger partial charge in [0, 0.05) is 6.54 Å². The first kappa shape index (κ1) is 7.92. The fourth-order valence-corrected chi connectivity index (χ4v) is 1.77. The van der Waals surface area contributed by atoms with E-state index in [1.165, 1.54) is 38.0 Å². The highest BCUT2D eigenvalue weighted by Crippen LogP contribution is 2.10. The minimum atomic E-state index is 0.656. The van der Waals surface area contributed by atoms with Crippen LogP contribution in [0.2, 0.25) is 0 Å². The van der Waals surface area contributed by atoms with Crippen LogP contribution >= 0.6 is 0 Å². The maximum atomic E-state index is 5.10. The van der Waals surface area contributed by atoms with Crippen molar-refractivity contribution in [1.82, 2.24) is 10.2 Å². The van der Waals surface area contributed by atoms with E-state index < -0.39 is 0 Å². The van der Waals surface area contributed by atoms with Crippen molar-refractivity contribution in [2.45, 2.75) is 19.3 Å². The Morgan fingerprint density at radius 2 is 2.17 bits per heavy atom. The molecule has 68 valence electrons. The molecule has 0 amide bonds. The number of hydrogen-bond acceptors (Lipinski definition) is 3. The van der Waals surface area contributed by atoms with Crippen molar-refractivity contribution >= 4 is 0 Å². The molecular weight excluding hydrogens is 152 g/mol. The smallest absolute Gasteiger partial charge is 0.158 e. The molecule has 2 aliphatic heterocycles. The monoisotopic (exact) mass is 168 g/mol. The minimum absolute atomic E-state index is 0.656. The van der Waals surface area contributed by atoms with E-state index in [1.54, 1.807) is 0 Å². The van der Waals surface area contributed by atoms with Crippen LogP contribution in [0.1, 0.15) is 19.3 Å². The maximum absolute atomic E-state index is 5.10. The summed E-state index contributed by atoms with van der Waals surface area (Å²) in [6.07, 6.45) is 5.95. The van der Waals surface area contributed by atoms with Crippen molar-refractivity contribution in [3.8, 4) is 0 Å². The number of hydrogen-bond donors (Lipinski definition) is 1. The highest BCUT2D eigenvalue weighted by molar-refractivity contribution is 5.01. The normalized spacial score (nSPS) is 24.5. The topological polar surface area (TPSA) is 24.5 Å². The van der Waals surface area contributed by atoms with Gasteiger partial charge < -0.3 is 10.1 Å². The Hall–Kier alpha value is -0.700. The number of ether oxygens (including phenoxy) is 1. The molecule has 2 aliphatic rings. The molecule has 0 aromatic heterocycles. The van der Waals surface area contributed by atoms with E-state index in [0.29, 0.717) is 6.73 Å². The second-order valence-electron chi connectivity index (χ2n) is 3.47. The van der Waals surface area contributed by atoms with E-state index in [4.69, 9.17) is 4.74 Å². The van der Waals surface area contributed by atoms with E-state index in [1.807, 2.05) is 6.26 Å². The van der Waals surface area contributed by atoms with Gasteiger partial charge in [-0.15, -0.1) is 0 Å². The molecule has 0 aliphatic carbocycles. The first-order valence-electron chi connectivity index (χ1n) is 4.72. The zero-order valence-corrected chi connectivity index (χ0v) is 7.38. The molecule has 0 aromatic rings. The average molecular weight is 168 g/mol. The van der Waals surface area contributed by atoms with Gasteiger partial charge in [-0.05, 0) is 25.9 Å². The van der Waals surface area contributed by atoms with Crippen LogP contribution in [-0.2, 0) is 4.74 Å². The second-order valence-corrected chi connectivity index (χ2v) is 3.47. The Balaban J connectivity index is 1.77. The summed E-state index contributed by atoms with van der Waals surface area (Å²) in [5.41, 5.74) is 1.23. The number of rotatable bonds is 2. The Morgan fingerprint density at radius 1 is 1.33 bits per heavy atom. The van der Waals surface area contributed by atoms with E-state index in [-0.39, 0.29) is 0 Å². The molecule has 1 saturated heterocycles. The van der Waals surface area contributed by atoms with Crippen LogP contribution < -0.4 is 5.32 Å². The summed E-state index contributed by atoms with van der Waals surface area (Å²) in [5, 5.41) is 3.20. The molecule has 2 heterocycles. The summed E-state index contributed by atoms with van der Waals surface area (Å²) in [6.45, 7) is 4.20. The van der Waals surface area contributed by atoms with Gasteiger partial charge in [0.05, 0.1) is 5.70 Å². The third-order valence-electron chi connectivity index (χ3n) is 2.45. The molecule has 0 atom stereocenters. The van der Waals surface area contributed by atoms with Crippen molar-refractivity contribution in [3.05, 3.63) is 12.0 Å². The van der Waals surface area contributed by atoms with E-state index in [0.717, 1.165) is 6.54 Å². The third kappa shape index (κ3) is 1.91. The van der Waals surface area contributed by atoms with Crippen molar-refractivity contribution in [3.63, 3.8) is 0 Å². The molecule has 3 heteroatoms. The number of nitrogens with one attached hydrogen (secondary N) is 1. The van der Waals surface area contributed by atoms with Crippen LogP contribution in [0.4, 0.5) is 0 Å². The molecule has 2 rings (SSSR count). The largest absolute Gasteiger partial charge is 0.479 e. The van der Waals surface area contributed by atoms with Crippen molar-refractivity contribution in [2.75, 3.05) is 26.4 Å². The fourth-order valence-electron chi connectivity index (χ4n) is 1.77. The Labute approximate surface area is 73.4 Å². The van der Waals surface area contributed by atoms with Gasteiger partial charge >= 0.3 is 0 Å². The van der Waals surface area contributed by atoms with Crippen molar-refractivity contribution < 1.29 is 4.74 Å². The predicted octanol–water partition coefficient (Wildman–Crippen LogP) is 0.891. The maximum Gasteiger partial charge on any atom is 0.158 e. The van der Waals surface area contributed by atoms with Gasteiger partial charge in [-0.3, -0.25) is 4.90 Å². The minimum Gasteiger partial charge on any atom is -0.479 e. The van der Waals surface area contributed by atoms with Crippen LogP contribution in [-0.4, -0.2) is 31.3 Å². The van der Waals surface area contributed by atoms with Crippen LogP contribution in [0.15, 0.2) is 12.0 Å². The first-order valence-corrected chi connectivity index (χ1v) is 4.72. The number of likely N-dealkylation sites (tertiary alicyclic amines) is 1. The summed E-state index contributed by atoms with van der Waals surface area (Å²) < 4.78 is 5.10. The molecule has 3 nitrogen and oxygen atoms in total. The molecule has 0 aromatic carbocycles. The van der Waals surface area contributed by atoms with Gasteiger partial charge in [0.2, 0.25) is 0 Å². The summed E-state index contributed by atoms with van der Waals surface area (Å²) in [4.78, 5) is 2.48. The fraction of sp³-hybridized carbons (Fsp3) is 0.778. The highest BCUT2D eigenvalue weighted by Gasteiger charge is 2.13. The molecule has 0 saturated carbocycles. The predicted molar refractivity (Wildman–Crippen MR) is 47.5 cm³/mol. The lowest BCUT2D eigenvalue weighted by atomic mass is 10.1. The summed E-state index contributed by atoms with van der Waals surface area (Å²) >= 11 is 0. The third-order valence-corrected chi connectivity index (χ3v) is 2.45. The van der Waals surface area contributed by atoms with Crippen LogP contribution in [0, 0.1) is 0 Å². The molecular formula is C9H16N2O. The van der Waals surface area contributed by atoms with Crippen molar-refractivity contribution in [2.24, 2.45) is 0 Å². The van der Waals surface area contributed by atoms with E-state index >= 15 is 0 Å². The molecule has 12 heavy (non-hydrogen) atoms. The van der Waals surface area contributed by atoms with Gasteiger partial charge in [-0.1, -0.05) is 6.42 Å². The van der Waals surface area contributed by atoms with Gasteiger partial charge in [0.15, 0.2) is 6.73 Å². The summed E-state index contributed by atoms with van der Waals surface area (Å²) in [5.74, 6) is 0. The summed E-state index contributed by atoms with van der Waals surface area (Å²) in [7, 11) is 0. The van der Waals surface area contributed by atoms with Gasteiger partial charge in [-0.25, -0.2) is 0 Å². The molecule has 1 N–H and O–H groups in total. The Morgan fingerprint density at radius 3 is 2.83 bits per heavy atom. The van der Waals surface area contributed by atoms with Gasteiger partial charge in [0.1, 0.15) is 6.26 Å². The molecule has 1 fully saturated rings. The summed E-state index contributed by atoms with van der Waals surface area (Å²) in [6, 6.07) is 0. The first-order chi connectivity index (χ1) is 5.95. The lowest BCUT2D eigenvalue weighted by Gasteiger charge is -2.26. The van der Waals surface area contributed by atoms with Crippen LogP contribution in [0.25, 0.3) is 0 Å². The zero-order chi connectivity index (χ0) is 8.23. The second kappa shape index (κ2) is 3.81. The van der Waals surface area contributed by atoms with E-state index in [9.17, 15) is 0 Å². The average Bonchev–Trinajstić information content (AvgIpc) is 2.59. The molecule has 0 spiro atoms. The van der Waals surface area contributed by atoms with E-state index in [2.05, 4.69) is 10.2 Å². The molecule has 0 bridgehead atoms. The highest BCUT2D eigenvalue weighted by atomic mass is 16.5. The van der Waals surface area contributed by atoms with Crippen molar-refractivity contribution in [1.29, 1.82) is 0 Å². The quantitative estimate of drug-likeness (QED) is 0.662. The lowest BCUT2D eigenvalue weighted by Crippen LogP contribution is -2.33. The molecule has 0 radical (unpaired) electrons. The van der Waals surface area contributed by atoms with Gasteiger partial charge in [0.25, 0.3) is 0 Å². The van der Waals surface area contributed by atoms with Gasteiger partial charge in [-0.2, -0.15) is 0 Å². The van der Waals surface area contributed by atoms with Crippen LogP contribution in [0.5, 0.6) is 0 Å². The van der Waals surface area contributed by atoms with Crippen LogP contribution in [0.3, 0.4) is 0 Å². The Bertz CT molecular complexity index is 173. The lowest BCUT2D eigenvalue weighted by molar-refractivity contribution is 0.243. The zero-order valence-electron chi connectivity index (χ0n) is 7.38.